The Hall–Kier alpha value is -0.930. The van der Waals surface area contributed by atoms with Crippen molar-refractivity contribution in [2.45, 2.75) is 51.7 Å². The smallest absolute Gasteiger partial charge is 0.126 e. The number of hydrogen-bond donors (Lipinski definition) is 2. The van der Waals surface area contributed by atoms with Gasteiger partial charge in [0, 0.05) is 0 Å². The van der Waals surface area contributed by atoms with Crippen LogP contribution in [-0.2, 0) is 6.42 Å². The topological polar surface area (TPSA) is 40.5 Å². The van der Waals surface area contributed by atoms with Gasteiger partial charge in [-0.05, 0) is 43.4 Å². The molecule has 0 aromatic heterocycles. The van der Waals surface area contributed by atoms with Crippen LogP contribution in [0.4, 0.5) is 4.39 Å². The Morgan fingerprint density at radius 2 is 1.82 bits per heavy atom. The number of aliphatic hydroxyl groups excluding tert-OH is 2. The summed E-state index contributed by atoms with van der Waals surface area (Å²) in [5.41, 5.74) is 1.61. The molecule has 96 valence electrons. The van der Waals surface area contributed by atoms with Gasteiger partial charge in [0.25, 0.3) is 0 Å². The van der Waals surface area contributed by atoms with Crippen molar-refractivity contribution >= 4 is 0 Å². The molecule has 0 aliphatic carbocycles. The van der Waals surface area contributed by atoms with Crippen LogP contribution in [0, 0.1) is 12.7 Å². The molecule has 2 unspecified atom stereocenters. The fourth-order valence-corrected chi connectivity index (χ4v) is 1.86. The molecule has 0 fully saturated rings. The third-order valence-corrected chi connectivity index (χ3v) is 2.98. The van der Waals surface area contributed by atoms with Crippen LogP contribution in [0.25, 0.3) is 0 Å². The summed E-state index contributed by atoms with van der Waals surface area (Å²) >= 11 is 0. The normalized spacial score (nSPS) is 14.6. The van der Waals surface area contributed by atoms with Crippen molar-refractivity contribution in [3.05, 3.63) is 35.1 Å². The van der Waals surface area contributed by atoms with Crippen molar-refractivity contribution in [1.82, 2.24) is 0 Å². The number of rotatable bonds is 6. The molecule has 0 heterocycles. The third kappa shape index (κ3) is 4.44. The highest BCUT2D eigenvalue weighted by Gasteiger charge is 2.14. The highest BCUT2D eigenvalue weighted by Crippen LogP contribution is 2.14. The molecule has 2 atom stereocenters. The summed E-state index contributed by atoms with van der Waals surface area (Å²) in [7, 11) is 0. The van der Waals surface area contributed by atoms with Crippen LogP contribution < -0.4 is 0 Å². The molecule has 1 aromatic carbocycles. The van der Waals surface area contributed by atoms with Gasteiger partial charge >= 0.3 is 0 Å². The van der Waals surface area contributed by atoms with Crippen molar-refractivity contribution in [2.24, 2.45) is 0 Å². The Labute approximate surface area is 102 Å². The Morgan fingerprint density at radius 1 is 1.18 bits per heavy atom. The summed E-state index contributed by atoms with van der Waals surface area (Å²) in [4.78, 5) is 0. The minimum atomic E-state index is -0.694. The zero-order valence-electron chi connectivity index (χ0n) is 10.5. The van der Waals surface area contributed by atoms with E-state index in [9.17, 15) is 14.6 Å². The number of aryl methyl sites for hydroxylation is 2. The predicted octanol–water partition coefficient (Wildman–Crippen LogP) is 2.59. The number of halogens is 1. The van der Waals surface area contributed by atoms with E-state index in [1.807, 2.05) is 6.92 Å². The Morgan fingerprint density at radius 3 is 2.41 bits per heavy atom. The van der Waals surface area contributed by atoms with E-state index in [-0.39, 0.29) is 5.82 Å². The van der Waals surface area contributed by atoms with Crippen LogP contribution in [0.5, 0.6) is 0 Å². The van der Waals surface area contributed by atoms with Crippen molar-refractivity contribution in [3.63, 3.8) is 0 Å². The summed E-state index contributed by atoms with van der Waals surface area (Å²) in [6, 6.07) is 4.95. The number of hydrogen-bond acceptors (Lipinski definition) is 2. The maximum atomic E-state index is 13.0. The van der Waals surface area contributed by atoms with Gasteiger partial charge in [0.1, 0.15) is 5.82 Å². The zero-order valence-corrected chi connectivity index (χ0v) is 10.5. The predicted molar refractivity (Wildman–Crippen MR) is 66.4 cm³/mol. The van der Waals surface area contributed by atoms with Crippen molar-refractivity contribution < 1.29 is 14.6 Å². The quantitative estimate of drug-likeness (QED) is 0.802. The van der Waals surface area contributed by atoms with Gasteiger partial charge < -0.3 is 10.2 Å². The van der Waals surface area contributed by atoms with Crippen molar-refractivity contribution in [2.75, 3.05) is 0 Å². The molecule has 0 saturated heterocycles. The van der Waals surface area contributed by atoms with Gasteiger partial charge in [-0.3, -0.25) is 0 Å². The molecule has 1 aromatic rings. The highest BCUT2D eigenvalue weighted by molar-refractivity contribution is 5.24. The van der Waals surface area contributed by atoms with Gasteiger partial charge in [0.15, 0.2) is 0 Å². The molecule has 2 nitrogen and oxygen atoms in total. The average molecular weight is 240 g/mol. The van der Waals surface area contributed by atoms with Gasteiger partial charge in [-0.1, -0.05) is 25.5 Å². The van der Waals surface area contributed by atoms with Crippen molar-refractivity contribution in [1.29, 1.82) is 0 Å². The summed E-state index contributed by atoms with van der Waals surface area (Å²) in [5.74, 6) is -0.208. The van der Waals surface area contributed by atoms with Gasteiger partial charge in [0.05, 0.1) is 12.2 Å². The van der Waals surface area contributed by atoms with E-state index < -0.39 is 12.2 Å². The lowest BCUT2D eigenvalue weighted by atomic mass is 10.00. The van der Waals surface area contributed by atoms with E-state index in [1.54, 1.807) is 19.1 Å². The third-order valence-electron chi connectivity index (χ3n) is 2.98. The summed E-state index contributed by atoms with van der Waals surface area (Å²) in [5, 5.41) is 19.3. The molecule has 2 N–H and O–H groups in total. The maximum Gasteiger partial charge on any atom is 0.126 e. The van der Waals surface area contributed by atoms with E-state index >= 15 is 0 Å². The Kier molecular flexibility index (Phi) is 5.59. The van der Waals surface area contributed by atoms with Crippen LogP contribution >= 0.6 is 0 Å². The second-order valence-electron chi connectivity index (χ2n) is 4.55. The summed E-state index contributed by atoms with van der Waals surface area (Å²) < 4.78 is 13.0. The van der Waals surface area contributed by atoms with Gasteiger partial charge in [-0.25, -0.2) is 4.39 Å². The number of aliphatic hydroxyl groups is 2. The molecular weight excluding hydrogens is 219 g/mol. The SMILES string of the molecule is CCCC(O)C(O)CCc1ccc(F)c(C)c1. The summed E-state index contributed by atoms with van der Waals surface area (Å²) in [6.07, 6.45) is 1.29. The molecule has 0 radical (unpaired) electrons. The summed E-state index contributed by atoms with van der Waals surface area (Å²) in [6.45, 7) is 3.69. The van der Waals surface area contributed by atoms with E-state index in [1.165, 1.54) is 6.07 Å². The first-order valence-corrected chi connectivity index (χ1v) is 6.15. The lowest BCUT2D eigenvalue weighted by Crippen LogP contribution is -2.26. The minimum Gasteiger partial charge on any atom is -0.390 e. The standard InChI is InChI=1S/C14H21FO2/c1-3-4-13(16)14(17)8-6-11-5-7-12(15)10(2)9-11/h5,7,9,13-14,16-17H,3-4,6,8H2,1-2H3. The monoisotopic (exact) mass is 240 g/mol. The van der Waals surface area contributed by atoms with E-state index in [0.717, 1.165) is 12.0 Å². The molecular formula is C14H21FO2. The minimum absolute atomic E-state index is 0.208. The highest BCUT2D eigenvalue weighted by atomic mass is 19.1. The second-order valence-corrected chi connectivity index (χ2v) is 4.55. The average Bonchev–Trinajstić information content (AvgIpc) is 2.30. The van der Waals surface area contributed by atoms with Gasteiger partial charge in [-0.2, -0.15) is 0 Å². The Bertz CT molecular complexity index is 352. The van der Waals surface area contributed by atoms with Gasteiger partial charge in [0.2, 0.25) is 0 Å². The molecule has 0 saturated carbocycles. The maximum absolute atomic E-state index is 13.0. The molecule has 0 amide bonds. The molecule has 1 rings (SSSR count). The lowest BCUT2D eigenvalue weighted by molar-refractivity contribution is 0.00980. The van der Waals surface area contributed by atoms with E-state index in [0.29, 0.717) is 24.8 Å². The van der Waals surface area contributed by atoms with E-state index in [2.05, 4.69) is 0 Å². The molecule has 0 bridgehead atoms. The van der Waals surface area contributed by atoms with Crippen LogP contribution in [0.1, 0.15) is 37.3 Å². The molecule has 0 aliphatic rings. The molecule has 17 heavy (non-hydrogen) atoms. The van der Waals surface area contributed by atoms with Crippen LogP contribution in [0.15, 0.2) is 18.2 Å². The fourth-order valence-electron chi connectivity index (χ4n) is 1.86. The van der Waals surface area contributed by atoms with Gasteiger partial charge in [-0.15, -0.1) is 0 Å². The molecule has 3 heteroatoms. The fraction of sp³-hybridized carbons (Fsp3) is 0.571. The second kappa shape index (κ2) is 6.72. The van der Waals surface area contributed by atoms with E-state index in [4.69, 9.17) is 0 Å². The molecule has 0 spiro atoms. The number of benzene rings is 1. The lowest BCUT2D eigenvalue weighted by Gasteiger charge is -2.17. The van der Waals surface area contributed by atoms with Crippen LogP contribution in [0.3, 0.4) is 0 Å². The largest absolute Gasteiger partial charge is 0.390 e. The molecule has 0 aliphatic heterocycles. The Balaban J connectivity index is 2.47. The first-order valence-electron chi connectivity index (χ1n) is 6.15. The van der Waals surface area contributed by atoms with Crippen molar-refractivity contribution in [3.8, 4) is 0 Å². The van der Waals surface area contributed by atoms with Crippen LogP contribution in [0.2, 0.25) is 0 Å². The zero-order chi connectivity index (χ0) is 12.8. The first kappa shape index (κ1) is 14.1. The first-order chi connectivity index (χ1) is 8.04. The van der Waals surface area contributed by atoms with Crippen LogP contribution in [-0.4, -0.2) is 22.4 Å².